The van der Waals surface area contributed by atoms with E-state index >= 15 is 0 Å². The monoisotopic (exact) mass is 680 g/mol. The van der Waals surface area contributed by atoms with Crippen molar-refractivity contribution in [2.75, 3.05) is 24.6 Å². The van der Waals surface area contributed by atoms with Gasteiger partial charge in [-0.05, 0) is 123 Å². The standard InChI is InChI=1S/C35H44ClF3N2O4S/c1-21-6-4-8-28(32(42)35(37,38)39)27-12-9-25(27)18-41-19-34(15-5-7-23-16-26(36)11-13-29(23)34)20-45-31-14-10-24(17-30(31)41)33(43)40-46(3,44)22(21)2/h10-11,13-14,16-17,21-22,25,27-28,32,42H,3-9,12,15,18-20H2,1-2H3,(H,40,43,44)/t21-,22+,25-,27+,28-,32-,34-,46?/m0/s1. The van der Waals surface area contributed by atoms with E-state index in [0.717, 1.165) is 31.2 Å². The number of carbonyl (C=O) groups excluding carboxylic acids is 1. The van der Waals surface area contributed by atoms with Crippen LogP contribution in [0, 0.1) is 23.7 Å². The van der Waals surface area contributed by atoms with Crippen LogP contribution in [0.5, 0.6) is 5.75 Å². The summed E-state index contributed by atoms with van der Waals surface area (Å²) in [6.45, 7) is 5.07. The topological polar surface area (TPSA) is 78.9 Å². The Morgan fingerprint density at radius 3 is 2.63 bits per heavy atom. The molecule has 1 fully saturated rings. The molecule has 0 aromatic heterocycles. The van der Waals surface area contributed by atoms with Crippen LogP contribution >= 0.6 is 11.6 Å². The van der Waals surface area contributed by atoms with Crippen LogP contribution in [0.3, 0.4) is 0 Å². The Balaban J connectivity index is 1.43. The van der Waals surface area contributed by atoms with Gasteiger partial charge in [0.2, 0.25) is 0 Å². The molecule has 1 amide bonds. The summed E-state index contributed by atoms with van der Waals surface area (Å²) in [5.74, 6) is 2.52. The van der Waals surface area contributed by atoms with E-state index in [2.05, 4.69) is 21.6 Å². The number of nitrogens with one attached hydrogen (secondary N) is 1. The summed E-state index contributed by atoms with van der Waals surface area (Å²) in [5, 5.41) is 10.8. The van der Waals surface area contributed by atoms with E-state index in [0.29, 0.717) is 61.0 Å². The van der Waals surface area contributed by atoms with Gasteiger partial charge >= 0.3 is 6.18 Å². The van der Waals surface area contributed by atoms with Gasteiger partial charge in [-0.15, -0.1) is 0 Å². The van der Waals surface area contributed by atoms with Crippen molar-refractivity contribution in [3.05, 3.63) is 58.1 Å². The van der Waals surface area contributed by atoms with Crippen molar-refractivity contribution < 1.29 is 32.0 Å². The molecule has 2 N–H and O–H groups in total. The second kappa shape index (κ2) is 12.5. The number of halogens is 4. The zero-order chi connectivity index (χ0) is 33.0. The Bertz CT molecular complexity index is 1580. The number of hydrogen-bond acceptors (Lipinski definition) is 5. The van der Waals surface area contributed by atoms with Crippen LogP contribution in [0.25, 0.3) is 0 Å². The second-order valence-electron chi connectivity index (χ2n) is 14.2. The number of benzene rings is 2. The lowest BCUT2D eigenvalue weighted by atomic mass is 9.63. The number of carbonyl (C=O) groups is 1. The molecular weight excluding hydrogens is 637 g/mol. The number of amides is 1. The Morgan fingerprint density at radius 1 is 1.13 bits per heavy atom. The summed E-state index contributed by atoms with van der Waals surface area (Å²) in [4.78, 5) is 15.7. The van der Waals surface area contributed by atoms with Gasteiger partial charge in [0.1, 0.15) is 5.75 Å². The molecule has 2 aliphatic carbocycles. The first kappa shape index (κ1) is 33.5. The number of nitrogens with zero attached hydrogens (tertiary/aromatic N) is 1. The van der Waals surface area contributed by atoms with Gasteiger partial charge in [-0.2, -0.15) is 13.2 Å². The lowest BCUT2D eigenvalue weighted by Crippen LogP contribution is -2.51. The van der Waals surface area contributed by atoms with Crippen LogP contribution in [-0.4, -0.2) is 58.3 Å². The van der Waals surface area contributed by atoms with Crippen molar-refractivity contribution in [1.29, 1.82) is 0 Å². The Labute approximate surface area is 275 Å². The highest BCUT2D eigenvalue weighted by Gasteiger charge is 2.51. The summed E-state index contributed by atoms with van der Waals surface area (Å²) in [6, 6.07) is 11.1. The van der Waals surface area contributed by atoms with Gasteiger partial charge in [0, 0.05) is 34.3 Å². The predicted octanol–water partition coefficient (Wildman–Crippen LogP) is 6.95. The van der Waals surface area contributed by atoms with Crippen molar-refractivity contribution in [3.8, 4) is 5.75 Å². The molecule has 0 saturated heterocycles. The average Bonchev–Trinajstić information content (AvgIpc) is 3.13. The van der Waals surface area contributed by atoms with Gasteiger partial charge in [-0.3, -0.25) is 9.52 Å². The highest BCUT2D eigenvalue weighted by atomic mass is 35.5. The molecule has 11 heteroatoms. The minimum Gasteiger partial charge on any atom is -0.490 e. The zero-order valence-corrected chi connectivity index (χ0v) is 28.0. The first-order valence-electron chi connectivity index (χ1n) is 16.4. The smallest absolute Gasteiger partial charge is 0.414 e. The van der Waals surface area contributed by atoms with Gasteiger partial charge in [0.15, 0.2) is 6.10 Å². The fourth-order valence-electron chi connectivity index (χ4n) is 8.37. The number of alkyl halides is 3. The third-order valence-electron chi connectivity index (χ3n) is 11.4. The quantitative estimate of drug-likeness (QED) is 0.319. The zero-order valence-electron chi connectivity index (χ0n) is 26.5. The summed E-state index contributed by atoms with van der Waals surface area (Å²) >= 11 is 6.38. The first-order chi connectivity index (χ1) is 21.7. The molecule has 252 valence electrons. The third kappa shape index (κ3) is 6.38. The average molecular weight is 681 g/mol. The molecule has 2 bridgehead atoms. The summed E-state index contributed by atoms with van der Waals surface area (Å²) in [5.41, 5.74) is 2.95. The molecule has 1 unspecified atom stereocenters. The minimum absolute atomic E-state index is 0.0707. The molecule has 0 radical (unpaired) electrons. The van der Waals surface area contributed by atoms with E-state index in [1.54, 1.807) is 25.1 Å². The van der Waals surface area contributed by atoms with Crippen LogP contribution in [0.1, 0.15) is 80.3 Å². The molecule has 2 aromatic carbocycles. The van der Waals surface area contributed by atoms with E-state index in [1.165, 1.54) is 5.56 Å². The van der Waals surface area contributed by atoms with Gasteiger partial charge in [0.05, 0.1) is 22.0 Å². The lowest BCUT2D eigenvalue weighted by Gasteiger charge is -2.48. The van der Waals surface area contributed by atoms with Gasteiger partial charge in [0.25, 0.3) is 5.91 Å². The molecule has 2 heterocycles. The Kier molecular flexibility index (Phi) is 9.13. The predicted molar refractivity (Wildman–Crippen MR) is 177 cm³/mol. The maximum Gasteiger partial charge on any atom is 0.414 e. The lowest BCUT2D eigenvalue weighted by molar-refractivity contribution is -0.231. The highest BCUT2D eigenvalue weighted by molar-refractivity contribution is 7.99. The van der Waals surface area contributed by atoms with Crippen LogP contribution in [0.4, 0.5) is 18.9 Å². The number of fused-ring (bicyclic) bond motifs is 4. The van der Waals surface area contributed by atoms with Gasteiger partial charge < -0.3 is 14.7 Å². The fourth-order valence-corrected chi connectivity index (χ4v) is 10.1. The molecule has 46 heavy (non-hydrogen) atoms. The second-order valence-corrected chi connectivity index (χ2v) is 17.0. The SMILES string of the molecule is C=S1(=O)NC(=O)c2ccc3c(c2)N(C[C@@H]2CC[C@H]2[C@@H]([C@H](O)C(F)(F)F)CCC[C@H](C)[C@H]1C)C[C@@]1(CCCc2cc(Cl)ccc21)CO3. The van der Waals surface area contributed by atoms with E-state index < -0.39 is 44.5 Å². The number of anilines is 1. The molecule has 2 aromatic rings. The normalized spacial score (nSPS) is 34.3. The van der Waals surface area contributed by atoms with E-state index in [9.17, 15) is 27.3 Å². The van der Waals surface area contributed by atoms with Crippen LogP contribution in [0.2, 0.25) is 5.02 Å². The van der Waals surface area contributed by atoms with Crippen molar-refractivity contribution in [2.45, 2.75) is 88.2 Å². The van der Waals surface area contributed by atoms with E-state index in [1.807, 2.05) is 19.1 Å². The number of aliphatic hydroxyl groups is 1. The maximum atomic E-state index is 14.1. The Morgan fingerprint density at radius 2 is 1.91 bits per heavy atom. The Hall–Kier alpha value is -2.43. The summed E-state index contributed by atoms with van der Waals surface area (Å²) in [7, 11) is -3.08. The van der Waals surface area contributed by atoms with Crippen molar-refractivity contribution in [3.63, 3.8) is 0 Å². The van der Waals surface area contributed by atoms with Gasteiger partial charge in [-0.1, -0.05) is 31.0 Å². The molecule has 6 rings (SSSR count). The first-order valence-corrected chi connectivity index (χ1v) is 18.6. The minimum atomic E-state index is -4.72. The van der Waals surface area contributed by atoms with Gasteiger partial charge in [-0.25, -0.2) is 4.21 Å². The maximum absolute atomic E-state index is 14.1. The highest BCUT2D eigenvalue weighted by Crippen LogP contribution is 2.49. The summed E-state index contributed by atoms with van der Waals surface area (Å²) in [6.07, 6.45) is -1.87. The van der Waals surface area contributed by atoms with Crippen LogP contribution < -0.4 is 14.4 Å². The largest absolute Gasteiger partial charge is 0.490 e. The molecular formula is C35H44ClF3N2O4S. The van der Waals surface area contributed by atoms with Crippen LogP contribution in [-0.2, 0) is 21.5 Å². The molecule has 1 saturated carbocycles. The molecule has 6 nitrogen and oxygen atoms in total. The molecule has 8 atom stereocenters. The summed E-state index contributed by atoms with van der Waals surface area (Å²) < 4.78 is 65.0. The molecule has 1 spiro atoms. The van der Waals surface area contributed by atoms with Crippen molar-refractivity contribution >= 4 is 38.8 Å². The number of hydrogen-bond donors (Lipinski definition) is 2. The van der Waals surface area contributed by atoms with Crippen molar-refractivity contribution in [1.82, 2.24) is 4.72 Å². The van der Waals surface area contributed by atoms with Crippen LogP contribution in [0.15, 0.2) is 36.4 Å². The fraction of sp³-hybridized carbons (Fsp3) is 0.600. The van der Waals surface area contributed by atoms with Crippen molar-refractivity contribution in [2.24, 2.45) is 23.7 Å². The number of aryl methyl sites for hydroxylation is 1. The molecule has 2 aliphatic heterocycles. The van der Waals surface area contributed by atoms with E-state index in [4.69, 9.17) is 16.3 Å². The molecule has 4 aliphatic rings. The third-order valence-corrected chi connectivity index (χ3v) is 13.8. The number of ether oxygens (including phenoxy) is 1. The number of aliphatic hydroxyl groups excluding tert-OH is 1. The number of rotatable bonds is 1. The van der Waals surface area contributed by atoms with E-state index in [-0.39, 0.29) is 24.2 Å².